The smallest absolute Gasteiger partial charge is 0.350 e. The van der Waals surface area contributed by atoms with Gasteiger partial charge in [-0.2, -0.15) is 0 Å². The van der Waals surface area contributed by atoms with Gasteiger partial charge >= 0.3 is 11.9 Å². The van der Waals surface area contributed by atoms with Crippen molar-refractivity contribution in [3.8, 4) is 5.75 Å². The van der Waals surface area contributed by atoms with Gasteiger partial charge in [0.2, 0.25) is 0 Å². The standard InChI is InChI=1S/C28H26N2O6S/c1-6-13-36-19-11-9-18(10-12-19)22-21(23(31)20-14-15(2)7-8-16(20)3)24(32)26(33)30(22)28-29-17(4)25(37-28)27(34)35-5/h6-12,14,22,31H,1,13H2,2-5H3. The molecule has 1 atom stereocenters. The third-order valence-electron chi connectivity index (χ3n) is 6.02. The Hall–Kier alpha value is -4.24. The predicted molar refractivity (Wildman–Crippen MR) is 141 cm³/mol. The van der Waals surface area contributed by atoms with Crippen molar-refractivity contribution in [2.75, 3.05) is 18.6 Å². The molecule has 4 rings (SSSR count). The molecule has 1 aliphatic rings. The third kappa shape index (κ3) is 4.77. The maximum Gasteiger partial charge on any atom is 0.350 e. The second-order valence-corrected chi connectivity index (χ2v) is 9.54. The summed E-state index contributed by atoms with van der Waals surface area (Å²) in [6.07, 6.45) is 1.62. The lowest BCUT2D eigenvalue weighted by atomic mass is 9.93. The van der Waals surface area contributed by atoms with E-state index in [1.165, 1.54) is 12.0 Å². The van der Waals surface area contributed by atoms with E-state index in [-0.39, 0.29) is 21.3 Å². The highest BCUT2D eigenvalue weighted by atomic mass is 32.1. The number of amides is 1. The molecule has 9 heteroatoms. The number of aliphatic hydroxyl groups is 1. The molecule has 1 fully saturated rings. The average Bonchev–Trinajstić information content (AvgIpc) is 3.40. The zero-order chi connectivity index (χ0) is 26.9. The molecular formula is C28H26N2O6S. The van der Waals surface area contributed by atoms with Gasteiger partial charge in [-0.05, 0) is 50.1 Å². The second-order valence-electron chi connectivity index (χ2n) is 8.56. The number of benzene rings is 2. The van der Waals surface area contributed by atoms with Gasteiger partial charge in [0, 0.05) is 5.56 Å². The maximum absolute atomic E-state index is 13.4. The first-order valence-electron chi connectivity index (χ1n) is 11.5. The van der Waals surface area contributed by atoms with Crippen molar-refractivity contribution in [3.05, 3.63) is 93.5 Å². The van der Waals surface area contributed by atoms with E-state index in [1.54, 1.807) is 43.3 Å². The Morgan fingerprint density at radius 2 is 1.86 bits per heavy atom. The fraction of sp³-hybridized carbons (Fsp3) is 0.214. The molecule has 0 spiro atoms. The number of ketones is 1. The number of aromatic nitrogens is 1. The first-order chi connectivity index (χ1) is 17.7. The maximum atomic E-state index is 13.4. The van der Waals surface area contributed by atoms with Crippen LogP contribution < -0.4 is 9.64 Å². The van der Waals surface area contributed by atoms with Crippen molar-refractivity contribution in [3.63, 3.8) is 0 Å². The highest BCUT2D eigenvalue weighted by molar-refractivity contribution is 7.17. The van der Waals surface area contributed by atoms with Crippen LogP contribution in [0.25, 0.3) is 5.76 Å². The number of methoxy groups -OCH3 is 1. The summed E-state index contributed by atoms with van der Waals surface area (Å²) in [6, 6.07) is 11.4. The Morgan fingerprint density at radius 1 is 1.16 bits per heavy atom. The molecule has 1 amide bonds. The Bertz CT molecular complexity index is 1440. The van der Waals surface area contributed by atoms with Gasteiger partial charge < -0.3 is 14.6 Å². The van der Waals surface area contributed by atoms with E-state index in [9.17, 15) is 19.5 Å². The van der Waals surface area contributed by atoms with Crippen molar-refractivity contribution >= 4 is 39.9 Å². The van der Waals surface area contributed by atoms with Crippen LogP contribution in [-0.4, -0.2) is 41.5 Å². The molecule has 3 aromatic rings. The fourth-order valence-electron chi connectivity index (χ4n) is 4.15. The highest BCUT2D eigenvalue weighted by Gasteiger charge is 2.48. The lowest BCUT2D eigenvalue weighted by Gasteiger charge is -2.23. The van der Waals surface area contributed by atoms with E-state index in [0.29, 0.717) is 29.2 Å². The van der Waals surface area contributed by atoms with Gasteiger partial charge in [0.05, 0.1) is 24.4 Å². The van der Waals surface area contributed by atoms with Crippen LogP contribution in [0.1, 0.15) is 43.7 Å². The normalized spacial score (nSPS) is 16.6. The molecule has 1 unspecified atom stereocenters. The summed E-state index contributed by atoms with van der Waals surface area (Å²) in [6.45, 7) is 9.27. The van der Waals surface area contributed by atoms with Crippen LogP contribution >= 0.6 is 11.3 Å². The minimum Gasteiger partial charge on any atom is -0.507 e. The summed E-state index contributed by atoms with van der Waals surface area (Å²) in [5, 5.41) is 11.6. The summed E-state index contributed by atoms with van der Waals surface area (Å²) in [4.78, 5) is 44.9. The van der Waals surface area contributed by atoms with Crippen LogP contribution in [0.4, 0.5) is 5.13 Å². The largest absolute Gasteiger partial charge is 0.507 e. The molecule has 0 saturated carbocycles. The van der Waals surface area contributed by atoms with Gasteiger partial charge in [0.1, 0.15) is 23.0 Å². The molecule has 37 heavy (non-hydrogen) atoms. The summed E-state index contributed by atoms with van der Waals surface area (Å²) in [7, 11) is 1.26. The van der Waals surface area contributed by atoms with E-state index >= 15 is 0 Å². The van der Waals surface area contributed by atoms with Crippen LogP contribution in [0.15, 0.2) is 60.7 Å². The molecule has 1 N–H and O–H groups in total. The number of hydrogen-bond donors (Lipinski definition) is 1. The Morgan fingerprint density at radius 3 is 2.51 bits per heavy atom. The summed E-state index contributed by atoms with van der Waals surface area (Å²) >= 11 is 0.950. The minimum absolute atomic E-state index is 0.0640. The van der Waals surface area contributed by atoms with Crippen molar-refractivity contribution in [2.45, 2.75) is 26.8 Å². The molecule has 1 saturated heterocycles. The summed E-state index contributed by atoms with van der Waals surface area (Å²) in [5.41, 5.74) is 2.96. The van der Waals surface area contributed by atoms with Crippen LogP contribution in [0.2, 0.25) is 0 Å². The topological polar surface area (TPSA) is 106 Å². The number of Topliss-reactive ketones (excluding diaryl/α,β-unsaturated/α-hetero) is 1. The summed E-state index contributed by atoms with van der Waals surface area (Å²) in [5.74, 6) is -1.99. The average molecular weight is 519 g/mol. The number of carbonyl (C=O) groups excluding carboxylic acids is 3. The number of hydrogen-bond acceptors (Lipinski definition) is 8. The number of nitrogens with zero attached hydrogens (tertiary/aromatic N) is 2. The number of carbonyl (C=O) groups is 3. The number of ether oxygens (including phenoxy) is 2. The molecule has 8 nitrogen and oxygen atoms in total. The van der Waals surface area contributed by atoms with E-state index in [0.717, 1.165) is 22.5 Å². The van der Waals surface area contributed by atoms with Crippen molar-refractivity contribution < 1.29 is 29.0 Å². The zero-order valence-corrected chi connectivity index (χ0v) is 21.7. The molecule has 0 bridgehead atoms. The molecule has 2 heterocycles. The van der Waals surface area contributed by atoms with E-state index in [4.69, 9.17) is 9.47 Å². The lowest BCUT2D eigenvalue weighted by Crippen LogP contribution is -2.29. The Labute approximate surface area is 218 Å². The SMILES string of the molecule is C=CCOc1ccc(C2C(=C(O)c3cc(C)ccc3C)C(=O)C(=O)N2c2nc(C)c(C(=O)OC)s2)cc1. The van der Waals surface area contributed by atoms with E-state index in [1.807, 2.05) is 26.0 Å². The van der Waals surface area contributed by atoms with Crippen molar-refractivity contribution in [1.29, 1.82) is 0 Å². The number of aliphatic hydroxyl groups excluding tert-OH is 1. The fourth-order valence-corrected chi connectivity index (χ4v) is 5.16. The second kappa shape index (κ2) is 10.4. The van der Waals surface area contributed by atoms with Gasteiger partial charge in [0.25, 0.3) is 5.78 Å². The van der Waals surface area contributed by atoms with Gasteiger partial charge in [-0.1, -0.05) is 53.8 Å². The minimum atomic E-state index is -0.982. The van der Waals surface area contributed by atoms with Crippen molar-refractivity contribution in [2.24, 2.45) is 0 Å². The van der Waals surface area contributed by atoms with Gasteiger partial charge in [-0.25, -0.2) is 9.78 Å². The molecular weight excluding hydrogens is 492 g/mol. The quantitative estimate of drug-likeness (QED) is 0.153. The molecule has 1 aromatic heterocycles. The summed E-state index contributed by atoms with van der Waals surface area (Å²) < 4.78 is 10.4. The molecule has 190 valence electrons. The molecule has 0 radical (unpaired) electrons. The lowest BCUT2D eigenvalue weighted by molar-refractivity contribution is -0.132. The van der Waals surface area contributed by atoms with Crippen LogP contribution in [0.3, 0.4) is 0 Å². The molecule has 2 aromatic carbocycles. The predicted octanol–water partition coefficient (Wildman–Crippen LogP) is 5.05. The van der Waals surface area contributed by atoms with Gasteiger partial charge in [-0.3, -0.25) is 14.5 Å². The number of aryl methyl sites for hydroxylation is 3. The molecule has 1 aliphatic heterocycles. The first-order valence-corrected chi connectivity index (χ1v) is 12.3. The monoisotopic (exact) mass is 518 g/mol. The zero-order valence-electron chi connectivity index (χ0n) is 20.9. The van der Waals surface area contributed by atoms with Gasteiger partial charge in [0.15, 0.2) is 5.13 Å². The van der Waals surface area contributed by atoms with E-state index in [2.05, 4.69) is 11.6 Å². The Balaban J connectivity index is 1.92. The van der Waals surface area contributed by atoms with Crippen LogP contribution in [-0.2, 0) is 14.3 Å². The number of anilines is 1. The number of rotatable bonds is 7. The molecule has 0 aliphatic carbocycles. The third-order valence-corrected chi connectivity index (χ3v) is 7.16. The van der Waals surface area contributed by atoms with Crippen LogP contribution in [0.5, 0.6) is 5.75 Å². The first kappa shape index (κ1) is 25.8. The number of thiazole rings is 1. The Kier molecular flexibility index (Phi) is 7.26. The highest BCUT2D eigenvalue weighted by Crippen LogP contribution is 2.44. The van der Waals surface area contributed by atoms with Crippen molar-refractivity contribution in [1.82, 2.24) is 4.98 Å². The van der Waals surface area contributed by atoms with Gasteiger partial charge in [-0.15, -0.1) is 0 Å². The van der Waals surface area contributed by atoms with E-state index < -0.39 is 23.7 Å². The number of esters is 1. The van der Waals surface area contributed by atoms with Crippen LogP contribution in [0, 0.1) is 20.8 Å².